The highest BCUT2D eigenvalue weighted by atomic mass is 15.2. The first kappa shape index (κ1) is 18.5. The number of hydrogen-bond donors (Lipinski definition) is 0. The average Bonchev–Trinajstić information content (AvgIpc) is 2.55. The van der Waals surface area contributed by atoms with Crippen molar-refractivity contribution in [2.75, 3.05) is 13.1 Å². The molecule has 130 valence electrons. The van der Waals surface area contributed by atoms with Gasteiger partial charge in [0.05, 0.1) is 0 Å². The van der Waals surface area contributed by atoms with Crippen LogP contribution in [0.15, 0.2) is 35.5 Å². The van der Waals surface area contributed by atoms with E-state index in [9.17, 15) is 0 Å². The summed E-state index contributed by atoms with van der Waals surface area (Å²) in [5.41, 5.74) is 3.46. The van der Waals surface area contributed by atoms with E-state index in [0.29, 0.717) is 6.04 Å². The highest BCUT2D eigenvalue weighted by Crippen LogP contribution is 2.39. The van der Waals surface area contributed by atoms with Gasteiger partial charge >= 0.3 is 0 Å². The van der Waals surface area contributed by atoms with Crippen molar-refractivity contribution in [2.24, 2.45) is 11.3 Å². The molecule has 0 saturated heterocycles. The minimum atomic E-state index is 0.286. The fourth-order valence-corrected chi connectivity index (χ4v) is 4.13. The molecule has 0 aromatic heterocycles. The molecule has 0 spiro atoms. The summed E-state index contributed by atoms with van der Waals surface area (Å²) in [6.07, 6.45) is 17.5. The minimum Gasteiger partial charge on any atom is -0.300 e. The Morgan fingerprint density at radius 3 is 2.39 bits per heavy atom. The second kappa shape index (κ2) is 8.33. The molecule has 23 heavy (non-hydrogen) atoms. The molecule has 0 bridgehead atoms. The van der Waals surface area contributed by atoms with Crippen LogP contribution in [0.1, 0.15) is 73.1 Å². The van der Waals surface area contributed by atoms with E-state index in [2.05, 4.69) is 63.8 Å². The quantitative estimate of drug-likeness (QED) is 0.510. The fraction of sp³-hybridized carbons (Fsp3) is 0.727. The first-order chi connectivity index (χ1) is 11.0. The third-order valence-electron chi connectivity index (χ3n) is 6.07. The van der Waals surface area contributed by atoms with Crippen LogP contribution < -0.4 is 0 Å². The van der Waals surface area contributed by atoms with Crippen LogP contribution in [0.3, 0.4) is 0 Å². The summed E-state index contributed by atoms with van der Waals surface area (Å²) in [7, 11) is 0. The van der Waals surface area contributed by atoms with Crippen molar-refractivity contribution in [2.45, 2.75) is 79.2 Å². The fourth-order valence-electron chi connectivity index (χ4n) is 4.13. The van der Waals surface area contributed by atoms with Gasteiger partial charge < -0.3 is 0 Å². The Morgan fingerprint density at radius 1 is 1.22 bits per heavy atom. The van der Waals surface area contributed by atoms with Crippen LogP contribution in [0, 0.1) is 11.3 Å². The largest absolute Gasteiger partial charge is 0.300 e. The van der Waals surface area contributed by atoms with E-state index >= 15 is 0 Å². The summed E-state index contributed by atoms with van der Waals surface area (Å²) < 4.78 is 0. The van der Waals surface area contributed by atoms with Crippen LogP contribution >= 0.6 is 0 Å². The molecule has 2 aliphatic carbocycles. The zero-order valence-corrected chi connectivity index (χ0v) is 16.1. The molecule has 1 heteroatoms. The van der Waals surface area contributed by atoms with E-state index in [4.69, 9.17) is 0 Å². The molecule has 3 unspecified atom stereocenters. The van der Waals surface area contributed by atoms with Gasteiger partial charge in [-0.25, -0.2) is 0 Å². The molecule has 0 heterocycles. The molecule has 0 saturated carbocycles. The van der Waals surface area contributed by atoms with Gasteiger partial charge in [-0.3, -0.25) is 4.90 Å². The van der Waals surface area contributed by atoms with Crippen molar-refractivity contribution in [3.63, 3.8) is 0 Å². The lowest BCUT2D eigenvalue weighted by molar-refractivity contribution is 0.119. The van der Waals surface area contributed by atoms with Crippen LogP contribution in [0.5, 0.6) is 0 Å². The minimum absolute atomic E-state index is 0.286. The first-order valence-corrected chi connectivity index (χ1v) is 9.79. The van der Waals surface area contributed by atoms with Gasteiger partial charge in [0.1, 0.15) is 0 Å². The van der Waals surface area contributed by atoms with Crippen LogP contribution in [0.2, 0.25) is 0 Å². The third kappa shape index (κ3) is 4.59. The normalized spacial score (nSPS) is 29.4. The molecule has 0 aromatic carbocycles. The van der Waals surface area contributed by atoms with Crippen molar-refractivity contribution in [3.05, 3.63) is 35.5 Å². The zero-order valence-electron chi connectivity index (χ0n) is 16.1. The Balaban J connectivity index is 2.01. The van der Waals surface area contributed by atoms with Crippen molar-refractivity contribution >= 4 is 0 Å². The van der Waals surface area contributed by atoms with Crippen LogP contribution in [-0.2, 0) is 0 Å². The molecule has 0 amide bonds. The van der Waals surface area contributed by atoms with Crippen LogP contribution in [-0.4, -0.2) is 24.0 Å². The zero-order chi connectivity index (χ0) is 16.9. The van der Waals surface area contributed by atoms with E-state index in [-0.39, 0.29) is 5.41 Å². The summed E-state index contributed by atoms with van der Waals surface area (Å²) >= 11 is 0. The summed E-state index contributed by atoms with van der Waals surface area (Å²) in [5, 5.41) is 0. The summed E-state index contributed by atoms with van der Waals surface area (Å²) in [6, 6.07) is 0.616. The molecule has 3 atom stereocenters. The van der Waals surface area contributed by atoms with Gasteiger partial charge in [-0.05, 0) is 77.0 Å². The van der Waals surface area contributed by atoms with Gasteiger partial charge in [-0.1, -0.05) is 50.6 Å². The number of hydrogen-bond acceptors (Lipinski definition) is 1. The Morgan fingerprint density at radius 2 is 1.91 bits per heavy atom. The second-order valence-electron chi connectivity index (χ2n) is 7.98. The topological polar surface area (TPSA) is 3.24 Å². The molecule has 0 fully saturated rings. The second-order valence-corrected chi connectivity index (χ2v) is 7.98. The lowest BCUT2D eigenvalue weighted by Crippen LogP contribution is -2.45. The van der Waals surface area contributed by atoms with Gasteiger partial charge in [0.2, 0.25) is 0 Å². The molecule has 0 N–H and O–H groups in total. The van der Waals surface area contributed by atoms with E-state index in [1.807, 2.05) is 0 Å². The van der Waals surface area contributed by atoms with Gasteiger partial charge in [0.25, 0.3) is 0 Å². The standard InChI is InChI=1S/C22H37N/c1-6-16-23(17-7-2)19(4)22(5)14-12-21(13-15-22)20-10-8-18(3)9-11-20/h8,12-14,19-20H,6-7,9-11,15-17H2,1-5H3. The maximum absolute atomic E-state index is 2.69. The van der Waals surface area contributed by atoms with Crippen LogP contribution in [0.25, 0.3) is 0 Å². The van der Waals surface area contributed by atoms with Gasteiger partial charge in [-0.15, -0.1) is 0 Å². The van der Waals surface area contributed by atoms with Gasteiger partial charge in [0, 0.05) is 11.5 Å². The summed E-state index contributed by atoms with van der Waals surface area (Å²) in [4.78, 5) is 2.69. The Kier molecular flexibility index (Phi) is 6.71. The molecule has 0 aromatic rings. The average molecular weight is 316 g/mol. The third-order valence-corrected chi connectivity index (χ3v) is 6.07. The van der Waals surface area contributed by atoms with Gasteiger partial charge in [0.15, 0.2) is 0 Å². The van der Waals surface area contributed by atoms with E-state index in [1.165, 1.54) is 51.6 Å². The molecule has 0 radical (unpaired) electrons. The van der Waals surface area contributed by atoms with Crippen molar-refractivity contribution in [1.29, 1.82) is 0 Å². The Labute approximate surface area is 144 Å². The highest BCUT2D eigenvalue weighted by Gasteiger charge is 2.33. The van der Waals surface area contributed by atoms with E-state index in [0.717, 1.165) is 5.92 Å². The Bertz CT molecular complexity index is 464. The number of nitrogens with zero attached hydrogens (tertiary/aromatic N) is 1. The molecular formula is C22H37N. The monoisotopic (exact) mass is 315 g/mol. The molecule has 2 rings (SSSR count). The van der Waals surface area contributed by atoms with Crippen molar-refractivity contribution < 1.29 is 0 Å². The lowest BCUT2D eigenvalue weighted by Gasteiger charge is -2.42. The van der Waals surface area contributed by atoms with E-state index < -0.39 is 0 Å². The number of rotatable bonds is 7. The predicted molar refractivity (Wildman–Crippen MR) is 103 cm³/mol. The highest BCUT2D eigenvalue weighted by molar-refractivity contribution is 5.31. The van der Waals surface area contributed by atoms with Crippen molar-refractivity contribution in [3.8, 4) is 0 Å². The first-order valence-electron chi connectivity index (χ1n) is 9.79. The summed E-state index contributed by atoms with van der Waals surface area (Å²) in [5.74, 6) is 0.761. The number of allylic oxidation sites excluding steroid dienone is 5. The Hall–Kier alpha value is -0.820. The molecular weight excluding hydrogens is 278 g/mol. The van der Waals surface area contributed by atoms with E-state index in [1.54, 1.807) is 11.1 Å². The van der Waals surface area contributed by atoms with Crippen LogP contribution in [0.4, 0.5) is 0 Å². The SMILES string of the molecule is CCCN(CCC)C(C)C1(C)C=CC(C2CC=C(C)CC2)=CC1. The summed E-state index contributed by atoms with van der Waals surface area (Å²) in [6.45, 7) is 14.2. The smallest absolute Gasteiger partial charge is 0.0158 e. The predicted octanol–water partition coefficient (Wildman–Crippen LogP) is 6.14. The molecule has 2 aliphatic rings. The van der Waals surface area contributed by atoms with Crippen molar-refractivity contribution in [1.82, 2.24) is 4.90 Å². The maximum Gasteiger partial charge on any atom is 0.0158 e. The lowest BCUT2D eigenvalue weighted by atomic mass is 9.73. The maximum atomic E-state index is 2.69. The van der Waals surface area contributed by atoms with Gasteiger partial charge in [-0.2, -0.15) is 0 Å². The molecule has 0 aliphatic heterocycles. The molecule has 1 nitrogen and oxygen atoms in total.